The Balaban J connectivity index is 1.66. The molecule has 26 heavy (non-hydrogen) atoms. The van der Waals surface area contributed by atoms with Crippen LogP contribution in [-0.4, -0.2) is 59.7 Å². The van der Waals surface area contributed by atoms with Gasteiger partial charge in [-0.25, -0.2) is 4.98 Å². The smallest absolute Gasteiger partial charge is 0.308 e. The fourth-order valence-electron chi connectivity index (χ4n) is 2.60. The molecule has 0 spiro atoms. The Morgan fingerprint density at radius 2 is 2.31 bits per heavy atom. The van der Waals surface area contributed by atoms with E-state index in [1.165, 1.54) is 12.0 Å². The average molecular weight is 398 g/mol. The van der Waals surface area contributed by atoms with E-state index in [-0.39, 0.29) is 24.0 Å². The normalized spacial score (nSPS) is 17.2. The first-order chi connectivity index (χ1) is 12.5. The third-order valence-electron chi connectivity index (χ3n) is 3.89. The van der Waals surface area contributed by atoms with Gasteiger partial charge in [0, 0.05) is 18.1 Å². The second-order valence-electron chi connectivity index (χ2n) is 5.55. The van der Waals surface area contributed by atoms with E-state index in [0.717, 1.165) is 11.8 Å². The van der Waals surface area contributed by atoms with Crippen molar-refractivity contribution in [2.24, 2.45) is 0 Å². The molecule has 2 aromatic rings. The highest BCUT2D eigenvalue weighted by molar-refractivity contribution is 7.99. The van der Waals surface area contributed by atoms with E-state index < -0.39 is 12.0 Å². The van der Waals surface area contributed by atoms with Gasteiger partial charge in [0.15, 0.2) is 5.58 Å². The summed E-state index contributed by atoms with van der Waals surface area (Å²) < 4.78 is 10.2. The highest BCUT2D eigenvalue weighted by Gasteiger charge is 2.35. The van der Waals surface area contributed by atoms with Gasteiger partial charge in [0.2, 0.25) is 11.8 Å². The van der Waals surface area contributed by atoms with Gasteiger partial charge in [0.25, 0.3) is 5.22 Å². The number of piperazine rings is 1. The van der Waals surface area contributed by atoms with Crippen molar-refractivity contribution in [1.29, 1.82) is 0 Å². The number of amides is 2. The van der Waals surface area contributed by atoms with E-state index in [0.29, 0.717) is 34.4 Å². The number of thioether (sulfide) groups is 1. The van der Waals surface area contributed by atoms with Crippen LogP contribution in [0, 0.1) is 0 Å². The molecule has 1 N–H and O–H groups in total. The number of aromatic nitrogens is 1. The standard InChI is InChI=1S/C16H16ClN3O5S/c1-24-14(22)7-11-15(23)18-4-5-20(11)13(21)8-26-16-19-10-6-9(17)2-3-12(10)25-16/h2-3,6,11H,4-5,7-8H2,1H3,(H,18,23)/t11-/m1/s1. The van der Waals surface area contributed by atoms with Crippen molar-refractivity contribution in [2.45, 2.75) is 17.7 Å². The molecule has 0 bridgehead atoms. The fraction of sp³-hybridized carbons (Fsp3) is 0.375. The van der Waals surface area contributed by atoms with Gasteiger partial charge >= 0.3 is 5.97 Å². The minimum atomic E-state index is -0.869. The molecule has 0 radical (unpaired) electrons. The molecule has 8 nitrogen and oxygen atoms in total. The summed E-state index contributed by atoms with van der Waals surface area (Å²) in [6.07, 6.45) is -0.180. The van der Waals surface area contributed by atoms with Crippen LogP contribution in [0.4, 0.5) is 0 Å². The van der Waals surface area contributed by atoms with E-state index in [1.807, 2.05) is 0 Å². The van der Waals surface area contributed by atoms with Gasteiger partial charge in [0.05, 0.1) is 19.3 Å². The highest BCUT2D eigenvalue weighted by Crippen LogP contribution is 2.26. The lowest BCUT2D eigenvalue weighted by Crippen LogP contribution is -2.58. The summed E-state index contributed by atoms with van der Waals surface area (Å²) in [5, 5.41) is 3.53. The molecular formula is C16H16ClN3O5S. The molecule has 0 unspecified atom stereocenters. The number of benzene rings is 1. The first kappa shape index (κ1) is 18.5. The lowest BCUT2D eigenvalue weighted by molar-refractivity contribution is -0.149. The number of methoxy groups -OCH3 is 1. The third-order valence-corrected chi connectivity index (χ3v) is 4.94. The Morgan fingerprint density at radius 1 is 1.50 bits per heavy atom. The van der Waals surface area contributed by atoms with Gasteiger partial charge in [-0.1, -0.05) is 23.4 Å². The zero-order valence-electron chi connectivity index (χ0n) is 13.9. The van der Waals surface area contributed by atoms with Crippen LogP contribution in [0.2, 0.25) is 5.02 Å². The molecule has 1 atom stereocenters. The van der Waals surface area contributed by atoms with Gasteiger partial charge in [-0.3, -0.25) is 14.4 Å². The van der Waals surface area contributed by atoms with Crippen LogP contribution in [-0.2, 0) is 19.1 Å². The maximum Gasteiger partial charge on any atom is 0.308 e. The summed E-state index contributed by atoms with van der Waals surface area (Å²) in [5.74, 6) is -1.16. The molecule has 2 heterocycles. The molecule has 1 saturated heterocycles. The Kier molecular flexibility index (Phi) is 5.67. The molecule has 0 aliphatic carbocycles. The summed E-state index contributed by atoms with van der Waals surface area (Å²) in [6.45, 7) is 0.671. The maximum atomic E-state index is 12.5. The van der Waals surface area contributed by atoms with Crippen molar-refractivity contribution >= 4 is 52.2 Å². The Hall–Kier alpha value is -2.26. The van der Waals surface area contributed by atoms with E-state index in [2.05, 4.69) is 15.0 Å². The number of ether oxygens (including phenoxy) is 1. The fourth-order valence-corrected chi connectivity index (χ4v) is 3.50. The summed E-state index contributed by atoms with van der Waals surface area (Å²) in [5.41, 5.74) is 1.18. The molecule has 3 rings (SSSR count). The monoisotopic (exact) mass is 397 g/mol. The predicted octanol–water partition coefficient (Wildman–Crippen LogP) is 1.46. The number of esters is 1. The number of hydrogen-bond acceptors (Lipinski definition) is 7. The number of oxazole rings is 1. The molecule has 1 aromatic carbocycles. The Bertz CT molecular complexity index is 856. The summed E-state index contributed by atoms with van der Waals surface area (Å²) in [4.78, 5) is 41.8. The third kappa shape index (κ3) is 4.10. The van der Waals surface area contributed by atoms with E-state index in [4.69, 9.17) is 16.0 Å². The lowest BCUT2D eigenvalue weighted by atomic mass is 10.1. The number of nitrogens with zero attached hydrogens (tertiary/aromatic N) is 2. The largest absolute Gasteiger partial charge is 0.469 e. The maximum absolute atomic E-state index is 12.5. The summed E-state index contributed by atoms with van der Waals surface area (Å²) in [7, 11) is 1.24. The van der Waals surface area contributed by atoms with Crippen LogP contribution >= 0.6 is 23.4 Å². The summed E-state index contributed by atoms with van der Waals surface area (Å²) >= 11 is 7.04. The quantitative estimate of drug-likeness (QED) is 0.602. The van der Waals surface area contributed by atoms with E-state index in [9.17, 15) is 14.4 Å². The molecular weight excluding hydrogens is 382 g/mol. The number of rotatable bonds is 5. The lowest BCUT2D eigenvalue weighted by Gasteiger charge is -2.34. The SMILES string of the molecule is COC(=O)C[C@@H]1C(=O)NCCN1C(=O)CSc1nc2cc(Cl)ccc2o1. The molecule has 1 fully saturated rings. The molecule has 0 saturated carbocycles. The summed E-state index contributed by atoms with van der Waals surface area (Å²) in [6, 6.07) is 4.20. The van der Waals surface area contributed by atoms with Crippen molar-refractivity contribution in [3.05, 3.63) is 23.2 Å². The van der Waals surface area contributed by atoms with Crippen LogP contribution in [0.25, 0.3) is 11.1 Å². The van der Waals surface area contributed by atoms with Crippen LogP contribution in [0.15, 0.2) is 27.8 Å². The number of hydrogen-bond donors (Lipinski definition) is 1. The van der Waals surface area contributed by atoms with Gasteiger partial charge in [0.1, 0.15) is 11.6 Å². The number of fused-ring (bicyclic) bond motifs is 1. The van der Waals surface area contributed by atoms with Crippen molar-refractivity contribution in [1.82, 2.24) is 15.2 Å². The molecule has 1 aromatic heterocycles. The van der Waals surface area contributed by atoms with Crippen LogP contribution in [0.5, 0.6) is 0 Å². The van der Waals surface area contributed by atoms with Gasteiger partial charge < -0.3 is 19.4 Å². The second kappa shape index (κ2) is 7.96. The van der Waals surface area contributed by atoms with Crippen molar-refractivity contribution in [3.63, 3.8) is 0 Å². The van der Waals surface area contributed by atoms with Gasteiger partial charge in [-0.2, -0.15) is 0 Å². The Labute approximate surface area is 158 Å². The molecule has 10 heteroatoms. The number of carbonyl (C=O) groups excluding carboxylic acids is 3. The van der Waals surface area contributed by atoms with Crippen LogP contribution in [0.3, 0.4) is 0 Å². The van der Waals surface area contributed by atoms with Crippen molar-refractivity contribution in [2.75, 3.05) is 26.0 Å². The first-order valence-corrected chi connectivity index (χ1v) is 9.17. The zero-order chi connectivity index (χ0) is 18.7. The van der Waals surface area contributed by atoms with E-state index in [1.54, 1.807) is 18.2 Å². The highest BCUT2D eigenvalue weighted by atomic mass is 35.5. The molecule has 1 aliphatic rings. The Morgan fingerprint density at radius 3 is 3.08 bits per heavy atom. The molecule has 2 amide bonds. The van der Waals surface area contributed by atoms with Gasteiger partial charge in [-0.05, 0) is 18.2 Å². The molecule has 138 valence electrons. The van der Waals surface area contributed by atoms with Crippen LogP contribution in [0.1, 0.15) is 6.42 Å². The van der Waals surface area contributed by atoms with Crippen molar-refractivity contribution in [3.8, 4) is 0 Å². The number of nitrogens with one attached hydrogen (secondary N) is 1. The predicted molar refractivity (Wildman–Crippen MR) is 94.9 cm³/mol. The number of halogens is 1. The first-order valence-electron chi connectivity index (χ1n) is 7.81. The minimum Gasteiger partial charge on any atom is -0.469 e. The van der Waals surface area contributed by atoms with E-state index >= 15 is 0 Å². The zero-order valence-corrected chi connectivity index (χ0v) is 15.4. The van der Waals surface area contributed by atoms with Gasteiger partial charge in [-0.15, -0.1) is 0 Å². The number of carbonyl (C=O) groups is 3. The molecule has 1 aliphatic heterocycles. The average Bonchev–Trinajstić information content (AvgIpc) is 3.03. The van der Waals surface area contributed by atoms with Crippen LogP contribution < -0.4 is 5.32 Å². The minimum absolute atomic E-state index is 0.0332. The topological polar surface area (TPSA) is 102 Å². The van der Waals surface area contributed by atoms with Crippen molar-refractivity contribution < 1.29 is 23.5 Å². The second-order valence-corrected chi connectivity index (χ2v) is 6.92.